The van der Waals surface area contributed by atoms with Crippen LogP contribution in [0, 0.1) is 0 Å². The Labute approximate surface area is 251 Å². The van der Waals surface area contributed by atoms with Crippen molar-refractivity contribution in [3.63, 3.8) is 0 Å². The number of para-hydroxylation sites is 3. The number of nitrogens with zero attached hydrogens (tertiary/aromatic N) is 2. The van der Waals surface area contributed by atoms with Crippen molar-refractivity contribution in [1.82, 2.24) is 0 Å². The van der Waals surface area contributed by atoms with Crippen molar-refractivity contribution in [2.24, 2.45) is 0 Å². The van der Waals surface area contributed by atoms with Gasteiger partial charge in [-0.05, 0) is 95.8 Å². The summed E-state index contributed by atoms with van der Waals surface area (Å²) in [5.41, 5.74) is 14.6. The van der Waals surface area contributed by atoms with E-state index in [-0.39, 0.29) is 6.71 Å². The topological polar surface area (TPSA) is 6.48 Å². The van der Waals surface area contributed by atoms with Gasteiger partial charge in [-0.15, -0.1) is 0 Å². The molecule has 0 bridgehead atoms. The monoisotopic (exact) mass is 556 g/mol. The zero-order chi connectivity index (χ0) is 27.6. The Morgan fingerprint density at radius 2 is 1.14 bits per heavy atom. The zero-order valence-electron chi connectivity index (χ0n) is 23.3. The minimum Gasteiger partial charge on any atom is -0.311 e. The molecule has 0 unspecified atom stereocenters. The normalized spacial score (nSPS) is 14.6. The van der Waals surface area contributed by atoms with Gasteiger partial charge in [0.25, 0.3) is 6.71 Å². The van der Waals surface area contributed by atoms with Gasteiger partial charge in [0.2, 0.25) is 0 Å². The fourth-order valence-corrected chi connectivity index (χ4v) is 8.92. The molecule has 2 aliphatic heterocycles. The van der Waals surface area contributed by atoms with Crippen molar-refractivity contribution in [3.8, 4) is 11.1 Å². The fourth-order valence-electron chi connectivity index (χ4n) is 7.41. The van der Waals surface area contributed by atoms with Crippen molar-refractivity contribution in [2.45, 2.75) is 25.7 Å². The van der Waals surface area contributed by atoms with Gasteiger partial charge in [0.05, 0.1) is 5.69 Å². The molecule has 200 valence electrons. The molecule has 3 aliphatic rings. The lowest BCUT2D eigenvalue weighted by molar-refractivity contribution is 0.697. The molecule has 0 atom stereocenters. The van der Waals surface area contributed by atoms with E-state index in [0.717, 1.165) is 6.42 Å². The number of thiophene rings is 1. The number of hydrogen-bond donors (Lipinski definition) is 0. The molecule has 6 aromatic rings. The summed E-state index contributed by atoms with van der Waals surface area (Å²) >= 11 is 2.08. The lowest BCUT2D eigenvalue weighted by Crippen LogP contribution is -2.60. The summed E-state index contributed by atoms with van der Waals surface area (Å²) < 4.78 is 1.51. The predicted molar refractivity (Wildman–Crippen MR) is 180 cm³/mol. The molecule has 0 saturated carbocycles. The number of hydrogen-bond acceptors (Lipinski definition) is 3. The average Bonchev–Trinajstić information content (AvgIpc) is 3.45. The summed E-state index contributed by atoms with van der Waals surface area (Å²) in [6.07, 6.45) is 4.91. The first-order chi connectivity index (χ1) is 20.9. The highest BCUT2D eigenvalue weighted by molar-refractivity contribution is 7.29. The maximum Gasteiger partial charge on any atom is 0.264 e. The standard InChI is InChI=1S/C38H29BN2S/c1-4-14-26(15-5-1)27-24-33-36-34(25-27)41(29-18-8-3-9-19-29)37-30-20-10-13-23-35(30)42-38(37)39(36)31-21-11-12-22-32(31)40(33)28-16-6-2-7-17-28/h1-9,11-12,14-19,21-22,24-25H,10,13,20,23H2. The second kappa shape index (κ2) is 9.50. The van der Waals surface area contributed by atoms with Gasteiger partial charge < -0.3 is 9.80 Å². The van der Waals surface area contributed by atoms with Crippen LogP contribution in [0.5, 0.6) is 0 Å². The molecule has 4 heteroatoms. The van der Waals surface area contributed by atoms with Crippen LogP contribution in [0.2, 0.25) is 0 Å². The third kappa shape index (κ3) is 3.52. The Hall–Kier alpha value is -4.54. The molecule has 0 amide bonds. The summed E-state index contributed by atoms with van der Waals surface area (Å²) in [6.45, 7) is 0.210. The van der Waals surface area contributed by atoms with Crippen LogP contribution in [-0.2, 0) is 12.8 Å². The van der Waals surface area contributed by atoms with Crippen molar-refractivity contribution in [3.05, 3.63) is 138 Å². The molecule has 0 N–H and O–H groups in total. The van der Waals surface area contributed by atoms with Crippen LogP contribution >= 0.6 is 11.3 Å². The molecule has 0 fully saturated rings. The molecule has 1 aliphatic carbocycles. The van der Waals surface area contributed by atoms with Crippen LogP contribution < -0.4 is 25.5 Å². The second-order valence-corrected chi connectivity index (χ2v) is 12.7. The van der Waals surface area contributed by atoms with E-state index < -0.39 is 0 Å². The van der Waals surface area contributed by atoms with Crippen LogP contribution in [0.15, 0.2) is 127 Å². The lowest BCUT2D eigenvalue weighted by atomic mass is 9.36. The first kappa shape index (κ1) is 24.1. The van der Waals surface area contributed by atoms with Crippen molar-refractivity contribution in [2.75, 3.05) is 9.80 Å². The Balaban J connectivity index is 1.43. The molecule has 3 heterocycles. The molecule has 0 radical (unpaired) electrons. The van der Waals surface area contributed by atoms with Gasteiger partial charge in [0.1, 0.15) is 0 Å². The van der Waals surface area contributed by atoms with E-state index in [9.17, 15) is 0 Å². The lowest BCUT2D eigenvalue weighted by Gasteiger charge is -2.43. The number of benzene rings is 5. The molecule has 42 heavy (non-hydrogen) atoms. The Morgan fingerprint density at radius 1 is 0.548 bits per heavy atom. The second-order valence-electron chi connectivity index (χ2n) is 11.6. The summed E-state index contributed by atoms with van der Waals surface area (Å²) in [7, 11) is 0. The van der Waals surface area contributed by atoms with Crippen molar-refractivity contribution >= 4 is 67.9 Å². The van der Waals surface area contributed by atoms with Gasteiger partial charge in [-0.2, -0.15) is 11.3 Å². The van der Waals surface area contributed by atoms with Gasteiger partial charge in [0, 0.05) is 38.1 Å². The first-order valence-corrected chi connectivity index (χ1v) is 15.9. The number of aryl methyl sites for hydroxylation is 1. The summed E-state index contributed by atoms with van der Waals surface area (Å²) in [6, 6.07) is 46.8. The minimum atomic E-state index is 0.210. The molecule has 1 aromatic heterocycles. The quantitative estimate of drug-likeness (QED) is 0.202. The van der Waals surface area contributed by atoms with E-state index in [1.165, 1.54) is 80.2 Å². The van der Waals surface area contributed by atoms with Crippen LogP contribution in [0.1, 0.15) is 23.3 Å². The Kier molecular flexibility index (Phi) is 5.45. The molecule has 2 nitrogen and oxygen atoms in total. The van der Waals surface area contributed by atoms with Crippen LogP contribution in [-0.4, -0.2) is 6.71 Å². The Bertz CT molecular complexity index is 1950. The van der Waals surface area contributed by atoms with Gasteiger partial charge >= 0.3 is 0 Å². The highest BCUT2D eigenvalue weighted by Crippen LogP contribution is 2.49. The summed E-state index contributed by atoms with van der Waals surface area (Å²) in [5.74, 6) is 0. The molecule has 5 aromatic carbocycles. The van der Waals surface area contributed by atoms with Crippen molar-refractivity contribution < 1.29 is 0 Å². The van der Waals surface area contributed by atoms with Crippen molar-refractivity contribution in [1.29, 1.82) is 0 Å². The van der Waals surface area contributed by atoms with E-state index in [1.807, 2.05) is 0 Å². The SMILES string of the molecule is c1ccc(-c2cc3c4c(c2)N(c2ccccc2)c2c(sc5c2CCCC5)B4c2ccccc2N3c2ccccc2)cc1. The first-order valence-electron chi connectivity index (χ1n) is 15.0. The number of anilines is 6. The van der Waals surface area contributed by atoms with E-state index >= 15 is 0 Å². The zero-order valence-corrected chi connectivity index (χ0v) is 24.1. The largest absolute Gasteiger partial charge is 0.311 e. The van der Waals surface area contributed by atoms with E-state index in [4.69, 9.17) is 0 Å². The van der Waals surface area contributed by atoms with Gasteiger partial charge in [-0.25, -0.2) is 0 Å². The number of rotatable bonds is 3. The van der Waals surface area contributed by atoms with Gasteiger partial charge in [-0.1, -0.05) is 84.9 Å². The van der Waals surface area contributed by atoms with Gasteiger partial charge in [-0.3, -0.25) is 0 Å². The fraction of sp³-hybridized carbons (Fsp3) is 0.105. The molecular weight excluding hydrogens is 527 g/mol. The molecule has 9 rings (SSSR count). The maximum atomic E-state index is 2.61. The Morgan fingerprint density at radius 3 is 1.88 bits per heavy atom. The maximum absolute atomic E-state index is 2.61. The molecule has 0 spiro atoms. The summed E-state index contributed by atoms with van der Waals surface area (Å²) in [5, 5.41) is 0. The van der Waals surface area contributed by atoms with Crippen LogP contribution in [0.4, 0.5) is 34.1 Å². The molecular formula is C38H29BN2S. The summed E-state index contributed by atoms with van der Waals surface area (Å²) in [4.78, 5) is 6.70. The number of fused-ring (bicyclic) bond motifs is 6. The van der Waals surface area contributed by atoms with Crippen LogP contribution in [0.3, 0.4) is 0 Å². The minimum absolute atomic E-state index is 0.210. The average molecular weight is 557 g/mol. The van der Waals surface area contributed by atoms with E-state index in [2.05, 4.69) is 149 Å². The van der Waals surface area contributed by atoms with Gasteiger partial charge in [0.15, 0.2) is 0 Å². The third-order valence-electron chi connectivity index (χ3n) is 9.19. The van der Waals surface area contributed by atoms with E-state index in [0.29, 0.717) is 0 Å². The smallest absolute Gasteiger partial charge is 0.264 e. The highest BCUT2D eigenvalue weighted by Gasteiger charge is 2.46. The van der Waals surface area contributed by atoms with E-state index in [1.54, 1.807) is 10.4 Å². The third-order valence-corrected chi connectivity index (χ3v) is 10.5. The molecule has 0 saturated heterocycles. The highest BCUT2D eigenvalue weighted by atomic mass is 32.1. The van der Waals surface area contributed by atoms with Crippen LogP contribution in [0.25, 0.3) is 11.1 Å². The predicted octanol–water partition coefficient (Wildman–Crippen LogP) is 8.38.